The highest BCUT2D eigenvalue weighted by Crippen LogP contribution is 2.17. The second-order valence-electron chi connectivity index (χ2n) is 4.22. The van der Waals surface area contributed by atoms with Crippen LogP contribution in [0.5, 0.6) is 0 Å². The summed E-state index contributed by atoms with van der Waals surface area (Å²) in [6, 6.07) is 4.69. The molecular formula is C12H19N2O+. The number of piperidine rings is 1. The second-order valence-corrected chi connectivity index (χ2v) is 4.22. The molecule has 1 aliphatic rings. The standard InChI is InChI=1S/C12H18N2O/c15-9-8-14-7-2-1-5-12(14)11-4-3-6-13-10-11/h3-4,6,10,12,15H,1-2,5,7-9H2/p+1/t12-/m1/s1. The Balaban J connectivity index is 2.11. The van der Waals surface area contributed by atoms with Crippen LogP contribution in [0.4, 0.5) is 0 Å². The van der Waals surface area contributed by atoms with Gasteiger partial charge >= 0.3 is 0 Å². The van der Waals surface area contributed by atoms with E-state index in [4.69, 9.17) is 5.11 Å². The lowest BCUT2D eigenvalue weighted by molar-refractivity contribution is -0.937. The first kappa shape index (κ1) is 10.6. The summed E-state index contributed by atoms with van der Waals surface area (Å²) in [7, 11) is 0. The van der Waals surface area contributed by atoms with E-state index >= 15 is 0 Å². The van der Waals surface area contributed by atoms with Crippen LogP contribution < -0.4 is 4.90 Å². The van der Waals surface area contributed by atoms with Crippen molar-refractivity contribution in [2.75, 3.05) is 19.7 Å². The minimum Gasteiger partial charge on any atom is -0.391 e. The van der Waals surface area contributed by atoms with Crippen LogP contribution in [0.15, 0.2) is 24.5 Å². The lowest BCUT2D eigenvalue weighted by Gasteiger charge is -2.32. The number of hydrogen-bond acceptors (Lipinski definition) is 2. The Bertz CT molecular complexity index is 287. The fourth-order valence-corrected chi connectivity index (χ4v) is 2.51. The first-order valence-corrected chi connectivity index (χ1v) is 5.77. The molecule has 0 radical (unpaired) electrons. The van der Waals surface area contributed by atoms with Crippen molar-refractivity contribution in [2.45, 2.75) is 25.3 Å². The van der Waals surface area contributed by atoms with Crippen molar-refractivity contribution in [1.29, 1.82) is 0 Å². The molecule has 0 saturated carbocycles. The molecule has 0 aromatic carbocycles. The van der Waals surface area contributed by atoms with Crippen molar-refractivity contribution in [2.24, 2.45) is 0 Å². The van der Waals surface area contributed by atoms with Crippen molar-refractivity contribution < 1.29 is 10.0 Å². The molecule has 3 nitrogen and oxygen atoms in total. The normalized spacial score (nSPS) is 26.5. The molecule has 1 aromatic heterocycles. The quantitative estimate of drug-likeness (QED) is 0.742. The van der Waals surface area contributed by atoms with Crippen LogP contribution in [-0.4, -0.2) is 29.8 Å². The first-order valence-electron chi connectivity index (χ1n) is 5.77. The minimum atomic E-state index is 0.284. The summed E-state index contributed by atoms with van der Waals surface area (Å²) >= 11 is 0. The number of aromatic nitrogens is 1. The molecule has 0 aliphatic carbocycles. The lowest BCUT2D eigenvalue weighted by Crippen LogP contribution is -3.13. The maximum atomic E-state index is 9.05. The Morgan fingerprint density at radius 3 is 3.13 bits per heavy atom. The van der Waals surface area contributed by atoms with Gasteiger partial charge in [-0.05, 0) is 18.9 Å². The Morgan fingerprint density at radius 2 is 2.40 bits per heavy atom. The summed E-state index contributed by atoms with van der Waals surface area (Å²) in [5.41, 5.74) is 1.32. The molecule has 82 valence electrons. The lowest BCUT2D eigenvalue weighted by atomic mass is 9.96. The molecule has 0 bridgehead atoms. The van der Waals surface area contributed by atoms with Gasteiger partial charge in [-0.1, -0.05) is 6.07 Å². The molecule has 2 heterocycles. The number of likely N-dealkylation sites (tertiary alicyclic amines) is 1. The van der Waals surface area contributed by atoms with E-state index in [1.165, 1.54) is 36.3 Å². The minimum absolute atomic E-state index is 0.284. The number of nitrogens with zero attached hydrogens (tertiary/aromatic N) is 1. The van der Waals surface area contributed by atoms with Gasteiger partial charge in [0.2, 0.25) is 0 Å². The van der Waals surface area contributed by atoms with E-state index in [1.54, 1.807) is 0 Å². The van der Waals surface area contributed by atoms with Crippen molar-refractivity contribution in [3.63, 3.8) is 0 Å². The van der Waals surface area contributed by atoms with Gasteiger partial charge in [0.25, 0.3) is 0 Å². The molecule has 1 unspecified atom stereocenters. The second kappa shape index (κ2) is 5.24. The molecule has 15 heavy (non-hydrogen) atoms. The molecular weight excluding hydrogens is 188 g/mol. The average Bonchev–Trinajstić information content (AvgIpc) is 2.31. The molecule has 1 fully saturated rings. The molecule has 1 aliphatic heterocycles. The van der Waals surface area contributed by atoms with E-state index in [0.717, 1.165) is 6.54 Å². The highest BCUT2D eigenvalue weighted by atomic mass is 16.3. The van der Waals surface area contributed by atoms with E-state index in [1.807, 2.05) is 18.5 Å². The van der Waals surface area contributed by atoms with E-state index in [2.05, 4.69) is 11.1 Å². The number of pyridine rings is 1. The van der Waals surface area contributed by atoms with Gasteiger partial charge in [-0.3, -0.25) is 4.98 Å². The smallest absolute Gasteiger partial charge is 0.115 e. The summed E-state index contributed by atoms with van der Waals surface area (Å²) in [4.78, 5) is 5.69. The molecule has 2 atom stereocenters. The average molecular weight is 207 g/mol. The zero-order valence-corrected chi connectivity index (χ0v) is 9.02. The molecule has 1 aromatic rings. The largest absolute Gasteiger partial charge is 0.391 e. The predicted octanol–water partition coefficient (Wildman–Crippen LogP) is 0.184. The van der Waals surface area contributed by atoms with Gasteiger partial charge in [0, 0.05) is 24.4 Å². The SMILES string of the molecule is OCC[NH+]1CCCC[C@@H]1c1cccnc1. The zero-order chi connectivity index (χ0) is 10.5. The maximum Gasteiger partial charge on any atom is 0.115 e. The fraction of sp³-hybridized carbons (Fsp3) is 0.583. The van der Waals surface area contributed by atoms with Crippen LogP contribution in [-0.2, 0) is 0 Å². The highest BCUT2D eigenvalue weighted by molar-refractivity contribution is 5.11. The van der Waals surface area contributed by atoms with Crippen molar-refractivity contribution in [3.05, 3.63) is 30.1 Å². The van der Waals surface area contributed by atoms with Crippen molar-refractivity contribution >= 4 is 0 Å². The van der Waals surface area contributed by atoms with Gasteiger partial charge in [0.05, 0.1) is 13.2 Å². The highest BCUT2D eigenvalue weighted by Gasteiger charge is 2.26. The molecule has 0 amide bonds. The molecule has 1 saturated heterocycles. The van der Waals surface area contributed by atoms with Gasteiger partial charge in [0.15, 0.2) is 0 Å². The number of aliphatic hydroxyl groups is 1. The van der Waals surface area contributed by atoms with Crippen LogP contribution in [0.2, 0.25) is 0 Å². The van der Waals surface area contributed by atoms with Gasteiger partial charge in [-0.15, -0.1) is 0 Å². The summed E-state index contributed by atoms with van der Waals surface area (Å²) in [6.45, 7) is 2.33. The van der Waals surface area contributed by atoms with Crippen LogP contribution in [0.25, 0.3) is 0 Å². The Kier molecular flexibility index (Phi) is 3.69. The van der Waals surface area contributed by atoms with E-state index in [0.29, 0.717) is 6.04 Å². The van der Waals surface area contributed by atoms with E-state index in [9.17, 15) is 0 Å². The molecule has 0 spiro atoms. The third-order valence-corrected chi connectivity index (χ3v) is 3.25. The summed E-state index contributed by atoms with van der Waals surface area (Å²) in [5, 5.41) is 9.05. The van der Waals surface area contributed by atoms with Gasteiger partial charge in [-0.2, -0.15) is 0 Å². The third-order valence-electron chi connectivity index (χ3n) is 3.25. The van der Waals surface area contributed by atoms with Crippen molar-refractivity contribution in [3.8, 4) is 0 Å². The van der Waals surface area contributed by atoms with Crippen LogP contribution in [0, 0.1) is 0 Å². The van der Waals surface area contributed by atoms with Gasteiger partial charge in [0.1, 0.15) is 12.6 Å². The topological polar surface area (TPSA) is 37.6 Å². The van der Waals surface area contributed by atoms with E-state index < -0.39 is 0 Å². The number of rotatable bonds is 3. The van der Waals surface area contributed by atoms with Gasteiger partial charge < -0.3 is 10.0 Å². The number of nitrogens with one attached hydrogen (secondary N) is 1. The van der Waals surface area contributed by atoms with Crippen LogP contribution in [0.1, 0.15) is 30.9 Å². The fourth-order valence-electron chi connectivity index (χ4n) is 2.51. The molecule has 2 N–H and O–H groups in total. The number of aliphatic hydroxyl groups excluding tert-OH is 1. The van der Waals surface area contributed by atoms with Crippen LogP contribution in [0.3, 0.4) is 0 Å². The van der Waals surface area contributed by atoms with Crippen LogP contribution >= 0.6 is 0 Å². The summed E-state index contributed by atoms with van der Waals surface area (Å²) < 4.78 is 0. The zero-order valence-electron chi connectivity index (χ0n) is 9.02. The maximum absolute atomic E-state index is 9.05. The number of quaternary nitrogens is 1. The summed E-state index contributed by atoms with van der Waals surface area (Å²) in [6.07, 6.45) is 7.59. The monoisotopic (exact) mass is 207 g/mol. The predicted molar refractivity (Wildman–Crippen MR) is 58.6 cm³/mol. The Morgan fingerprint density at radius 1 is 1.47 bits per heavy atom. The van der Waals surface area contributed by atoms with E-state index in [-0.39, 0.29) is 6.61 Å². The van der Waals surface area contributed by atoms with Crippen molar-refractivity contribution in [1.82, 2.24) is 4.98 Å². The molecule has 3 heteroatoms. The molecule has 2 rings (SSSR count). The Hall–Kier alpha value is -0.930. The third kappa shape index (κ3) is 2.55. The first-order chi connectivity index (χ1) is 7.42. The Labute approximate surface area is 90.8 Å². The number of hydrogen-bond donors (Lipinski definition) is 2. The van der Waals surface area contributed by atoms with Gasteiger partial charge in [-0.25, -0.2) is 0 Å². The summed E-state index contributed by atoms with van der Waals surface area (Å²) in [5.74, 6) is 0.